The highest BCUT2D eigenvalue weighted by Gasteiger charge is 2.23. The molecule has 0 aliphatic carbocycles. The molecule has 1 aromatic heterocycles. The van der Waals surface area contributed by atoms with Crippen molar-refractivity contribution in [3.05, 3.63) is 42.1 Å². The molecule has 1 N–H and O–H groups in total. The molecule has 1 aromatic carbocycles. The summed E-state index contributed by atoms with van der Waals surface area (Å²) in [5.74, 6) is 0.135. The number of rotatable bonds is 3. The highest BCUT2D eigenvalue weighted by atomic mass is 16.2. The fourth-order valence-electron chi connectivity index (χ4n) is 2.97. The lowest BCUT2D eigenvalue weighted by atomic mass is 10.0. The van der Waals surface area contributed by atoms with E-state index < -0.39 is 0 Å². The van der Waals surface area contributed by atoms with E-state index in [1.54, 1.807) is 6.20 Å². The molecule has 4 heteroatoms. The molecular formula is C17H21N3O. The third kappa shape index (κ3) is 3.05. The van der Waals surface area contributed by atoms with Gasteiger partial charge in [-0.15, -0.1) is 0 Å². The van der Waals surface area contributed by atoms with Gasteiger partial charge in [-0.25, -0.2) is 0 Å². The van der Waals surface area contributed by atoms with Gasteiger partial charge in [0.15, 0.2) is 0 Å². The molecule has 2 aromatic rings. The van der Waals surface area contributed by atoms with Crippen LogP contribution in [0.4, 0.5) is 0 Å². The van der Waals surface area contributed by atoms with Crippen molar-refractivity contribution in [2.24, 2.45) is 0 Å². The first kappa shape index (κ1) is 14.0. The number of nitrogens with zero attached hydrogens (tertiary/aromatic N) is 2. The third-order valence-corrected chi connectivity index (χ3v) is 4.12. The number of piperidine rings is 1. The van der Waals surface area contributed by atoms with Gasteiger partial charge in [0.2, 0.25) is 0 Å². The number of hydrogen-bond donors (Lipinski definition) is 1. The number of nitrogens with one attached hydrogen (secondary N) is 1. The maximum Gasteiger partial charge on any atom is 0.253 e. The number of pyridine rings is 1. The SMILES string of the molecule is CCNC1CCN(C(=O)c2ccc3ncccc3c2)CC1. The fourth-order valence-corrected chi connectivity index (χ4v) is 2.97. The van der Waals surface area contributed by atoms with Crippen molar-refractivity contribution in [1.82, 2.24) is 15.2 Å². The van der Waals surface area contributed by atoms with E-state index in [0.29, 0.717) is 6.04 Å². The number of amides is 1. The summed E-state index contributed by atoms with van der Waals surface area (Å²) < 4.78 is 0. The van der Waals surface area contributed by atoms with Gasteiger partial charge < -0.3 is 10.2 Å². The number of carbonyl (C=O) groups is 1. The smallest absolute Gasteiger partial charge is 0.253 e. The monoisotopic (exact) mass is 283 g/mol. The molecule has 0 radical (unpaired) electrons. The normalized spacial score (nSPS) is 16.3. The van der Waals surface area contributed by atoms with Crippen molar-refractivity contribution in [3.63, 3.8) is 0 Å². The standard InChI is InChI=1S/C17H21N3O/c1-2-18-15-7-10-20(11-8-15)17(21)14-5-6-16-13(12-14)4-3-9-19-16/h3-6,9,12,15,18H,2,7-8,10-11H2,1H3. The largest absolute Gasteiger partial charge is 0.339 e. The van der Waals surface area contributed by atoms with E-state index in [4.69, 9.17) is 0 Å². The van der Waals surface area contributed by atoms with Gasteiger partial charge in [0.1, 0.15) is 0 Å². The van der Waals surface area contributed by atoms with Crippen LogP contribution in [0.2, 0.25) is 0 Å². The molecule has 3 rings (SSSR count). The molecule has 21 heavy (non-hydrogen) atoms. The average Bonchev–Trinajstić information content (AvgIpc) is 2.55. The minimum atomic E-state index is 0.135. The van der Waals surface area contributed by atoms with Crippen LogP contribution >= 0.6 is 0 Å². The van der Waals surface area contributed by atoms with Gasteiger partial charge in [-0.2, -0.15) is 0 Å². The van der Waals surface area contributed by atoms with Gasteiger partial charge in [0.25, 0.3) is 5.91 Å². The molecule has 1 fully saturated rings. The van der Waals surface area contributed by atoms with Crippen molar-refractivity contribution >= 4 is 16.8 Å². The Morgan fingerprint density at radius 2 is 2.14 bits per heavy atom. The summed E-state index contributed by atoms with van der Waals surface area (Å²) in [7, 11) is 0. The molecule has 0 saturated carbocycles. The number of benzene rings is 1. The van der Waals surface area contributed by atoms with Gasteiger partial charge in [0, 0.05) is 36.3 Å². The molecule has 1 aliphatic rings. The van der Waals surface area contributed by atoms with Crippen LogP contribution in [-0.4, -0.2) is 41.5 Å². The van der Waals surface area contributed by atoms with Crippen LogP contribution < -0.4 is 5.32 Å². The Morgan fingerprint density at radius 1 is 1.33 bits per heavy atom. The van der Waals surface area contributed by atoms with Crippen molar-refractivity contribution in [2.75, 3.05) is 19.6 Å². The van der Waals surface area contributed by atoms with E-state index in [1.165, 1.54) is 0 Å². The Balaban J connectivity index is 1.72. The lowest BCUT2D eigenvalue weighted by molar-refractivity contribution is 0.0706. The molecule has 0 unspecified atom stereocenters. The Kier molecular flexibility index (Phi) is 4.15. The van der Waals surface area contributed by atoms with Crippen molar-refractivity contribution in [2.45, 2.75) is 25.8 Å². The van der Waals surface area contributed by atoms with Crippen LogP contribution in [0.25, 0.3) is 10.9 Å². The zero-order valence-electron chi connectivity index (χ0n) is 12.4. The molecule has 110 valence electrons. The van der Waals surface area contributed by atoms with Gasteiger partial charge in [-0.1, -0.05) is 13.0 Å². The number of aromatic nitrogens is 1. The first-order chi connectivity index (χ1) is 10.3. The van der Waals surface area contributed by atoms with Gasteiger partial charge in [0.05, 0.1) is 5.52 Å². The zero-order valence-corrected chi connectivity index (χ0v) is 12.4. The average molecular weight is 283 g/mol. The summed E-state index contributed by atoms with van der Waals surface area (Å²) in [6.45, 7) is 4.79. The highest BCUT2D eigenvalue weighted by molar-refractivity contribution is 5.97. The van der Waals surface area contributed by atoms with Crippen molar-refractivity contribution in [1.29, 1.82) is 0 Å². The first-order valence-corrected chi connectivity index (χ1v) is 7.65. The van der Waals surface area contributed by atoms with Crippen LogP contribution in [-0.2, 0) is 0 Å². The molecule has 0 atom stereocenters. The predicted molar refractivity (Wildman–Crippen MR) is 84.3 cm³/mol. The molecule has 1 saturated heterocycles. The van der Waals surface area contributed by atoms with Crippen molar-refractivity contribution in [3.8, 4) is 0 Å². The van der Waals surface area contributed by atoms with Gasteiger partial charge in [-0.3, -0.25) is 9.78 Å². The molecule has 1 aliphatic heterocycles. The molecule has 2 heterocycles. The molecule has 4 nitrogen and oxygen atoms in total. The van der Waals surface area contributed by atoms with E-state index in [1.807, 2.05) is 35.2 Å². The lowest BCUT2D eigenvalue weighted by Crippen LogP contribution is -2.44. The Hall–Kier alpha value is -1.94. The Bertz CT molecular complexity index is 633. The molecule has 1 amide bonds. The Morgan fingerprint density at radius 3 is 2.90 bits per heavy atom. The summed E-state index contributed by atoms with van der Waals surface area (Å²) >= 11 is 0. The number of hydrogen-bond acceptors (Lipinski definition) is 3. The maximum absolute atomic E-state index is 12.6. The van der Waals surface area contributed by atoms with E-state index in [9.17, 15) is 4.79 Å². The summed E-state index contributed by atoms with van der Waals surface area (Å²) in [6.07, 6.45) is 3.85. The second-order valence-corrected chi connectivity index (χ2v) is 5.54. The van der Waals surface area contributed by atoms with Crippen LogP contribution in [0.3, 0.4) is 0 Å². The highest BCUT2D eigenvalue weighted by Crippen LogP contribution is 2.17. The summed E-state index contributed by atoms with van der Waals surface area (Å²) in [5.41, 5.74) is 1.69. The first-order valence-electron chi connectivity index (χ1n) is 7.65. The summed E-state index contributed by atoms with van der Waals surface area (Å²) in [6, 6.07) is 10.2. The zero-order chi connectivity index (χ0) is 14.7. The van der Waals surface area contributed by atoms with Gasteiger partial charge in [-0.05, 0) is 43.7 Å². The van der Waals surface area contributed by atoms with E-state index in [0.717, 1.165) is 48.9 Å². The van der Waals surface area contributed by atoms with E-state index >= 15 is 0 Å². The number of fused-ring (bicyclic) bond motifs is 1. The molecule has 0 spiro atoms. The number of likely N-dealkylation sites (tertiary alicyclic amines) is 1. The third-order valence-electron chi connectivity index (χ3n) is 4.12. The second kappa shape index (κ2) is 6.22. The quantitative estimate of drug-likeness (QED) is 0.941. The van der Waals surface area contributed by atoms with E-state index in [2.05, 4.69) is 17.2 Å². The predicted octanol–water partition coefficient (Wildman–Crippen LogP) is 2.45. The minimum absolute atomic E-state index is 0.135. The minimum Gasteiger partial charge on any atom is -0.339 e. The fraction of sp³-hybridized carbons (Fsp3) is 0.412. The maximum atomic E-state index is 12.6. The van der Waals surface area contributed by atoms with Crippen molar-refractivity contribution < 1.29 is 4.79 Å². The van der Waals surface area contributed by atoms with Crippen LogP contribution in [0, 0.1) is 0 Å². The van der Waals surface area contributed by atoms with E-state index in [-0.39, 0.29) is 5.91 Å². The van der Waals surface area contributed by atoms with Gasteiger partial charge >= 0.3 is 0 Å². The topological polar surface area (TPSA) is 45.2 Å². The Labute approximate surface area is 125 Å². The van der Waals surface area contributed by atoms with Crippen LogP contribution in [0.5, 0.6) is 0 Å². The summed E-state index contributed by atoms with van der Waals surface area (Å²) in [5, 5.41) is 4.48. The lowest BCUT2D eigenvalue weighted by Gasteiger charge is -2.32. The molecular weight excluding hydrogens is 262 g/mol. The second-order valence-electron chi connectivity index (χ2n) is 5.54. The van der Waals surface area contributed by atoms with Crippen LogP contribution in [0.1, 0.15) is 30.1 Å². The summed E-state index contributed by atoms with van der Waals surface area (Å²) in [4.78, 5) is 18.8. The number of carbonyl (C=O) groups excluding carboxylic acids is 1. The van der Waals surface area contributed by atoms with Crippen LogP contribution in [0.15, 0.2) is 36.5 Å². The molecule has 0 bridgehead atoms.